The number of halogens is 1. The van der Waals surface area contributed by atoms with Crippen LogP contribution in [0.4, 0.5) is 4.39 Å². The van der Waals surface area contributed by atoms with Gasteiger partial charge in [-0.05, 0) is 24.3 Å². The predicted octanol–water partition coefficient (Wildman–Crippen LogP) is 1.69. The fraction of sp³-hybridized carbons (Fsp3) is 0.267. The first-order valence-corrected chi connectivity index (χ1v) is 6.68. The van der Waals surface area contributed by atoms with Gasteiger partial charge in [-0.15, -0.1) is 0 Å². The predicted molar refractivity (Wildman–Crippen MR) is 77.5 cm³/mol. The normalized spacial score (nSPS) is 10.3. The lowest BCUT2D eigenvalue weighted by atomic mass is 10.1. The minimum atomic E-state index is -0.427. The van der Waals surface area contributed by atoms with E-state index in [1.165, 1.54) is 35.2 Å². The van der Waals surface area contributed by atoms with Gasteiger partial charge in [0.1, 0.15) is 5.82 Å². The van der Waals surface area contributed by atoms with Gasteiger partial charge in [-0.25, -0.2) is 4.39 Å². The smallest absolute Gasteiger partial charge is 0.273 e. The lowest BCUT2D eigenvalue weighted by Gasteiger charge is -2.09. The van der Waals surface area contributed by atoms with Crippen molar-refractivity contribution < 1.29 is 18.5 Å². The van der Waals surface area contributed by atoms with Gasteiger partial charge in [-0.2, -0.15) is 0 Å². The van der Waals surface area contributed by atoms with Gasteiger partial charge in [0.15, 0.2) is 11.5 Å². The quantitative estimate of drug-likeness (QED) is 0.912. The molecule has 2 amide bonds. The first-order valence-electron chi connectivity index (χ1n) is 6.68. The molecule has 1 N–H and O–H groups in total. The van der Waals surface area contributed by atoms with E-state index >= 15 is 0 Å². The van der Waals surface area contributed by atoms with Gasteiger partial charge < -0.3 is 14.7 Å². The Morgan fingerprint density at radius 3 is 2.59 bits per heavy atom. The fourth-order valence-corrected chi connectivity index (χ4v) is 1.73. The Balaban J connectivity index is 1.94. The molecule has 0 aliphatic carbocycles. The van der Waals surface area contributed by atoms with Crippen molar-refractivity contribution in [3.05, 3.63) is 41.8 Å². The molecule has 2 aromatic rings. The molecule has 0 aliphatic rings. The Bertz CT molecular complexity index is 665. The SMILES string of the molecule is CN(C)C(=O)CCNC(=O)c1cc(-c2ccc(F)cc2)on1. The molecule has 0 bridgehead atoms. The number of benzene rings is 1. The first kappa shape index (κ1) is 15.7. The van der Waals surface area contributed by atoms with Crippen LogP contribution >= 0.6 is 0 Å². The molecule has 2 rings (SSSR count). The number of hydrogen-bond acceptors (Lipinski definition) is 4. The van der Waals surface area contributed by atoms with E-state index in [9.17, 15) is 14.0 Å². The Morgan fingerprint density at radius 2 is 1.95 bits per heavy atom. The van der Waals surface area contributed by atoms with E-state index in [4.69, 9.17) is 4.52 Å². The van der Waals surface area contributed by atoms with Gasteiger partial charge >= 0.3 is 0 Å². The second-order valence-corrected chi connectivity index (χ2v) is 4.88. The van der Waals surface area contributed by atoms with Crippen molar-refractivity contribution in [2.45, 2.75) is 6.42 Å². The van der Waals surface area contributed by atoms with Crippen LogP contribution in [0.5, 0.6) is 0 Å². The zero-order valence-corrected chi connectivity index (χ0v) is 12.3. The van der Waals surface area contributed by atoms with Crippen LogP contribution in [0.3, 0.4) is 0 Å². The van der Waals surface area contributed by atoms with Crippen LogP contribution in [-0.2, 0) is 4.79 Å². The van der Waals surface area contributed by atoms with Crippen LogP contribution in [0.2, 0.25) is 0 Å². The molecule has 0 spiro atoms. The first-order chi connectivity index (χ1) is 10.5. The summed E-state index contributed by atoms with van der Waals surface area (Å²) in [5, 5.41) is 6.26. The van der Waals surface area contributed by atoms with E-state index in [1.807, 2.05) is 0 Å². The van der Waals surface area contributed by atoms with Crippen molar-refractivity contribution in [3.63, 3.8) is 0 Å². The van der Waals surface area contributed by atoms with Crippen molar-refractivity contribution in [1.29, 1.82) is 0 Å². The molecule has 0 aliphatic heterocycles. The van der Waals surface area contributed by atoms with Gasteiger partial charge in [-0.1, -0.05) is 5.16 Å². The van der Waals surface area contributed by atoms with Gasteiger partial charge in [0, 0.05) is 38.7 Å². The van der Waals surface area contributed by atoms with E-state index in [0.29, 0.717) is 11.3 Å². The summed E-state index contributed by atoms with van der Waals surface area (Å²) in [7, 11) is 3.30. The molecule has 1 aromatic heterocycles. The average molecular weight is 305 g/mol. The van der Waals surface area contributed by atoms with E-state index in [2.05, 4.69) is 10.5 Å². The molecule has 6 nitrogen and oxygen atoms in total. The van der Waals surface area contributed by atoms with Gasteiger partial charge in [-0.3, -0.25) is 9.59 Å². The van der Waals surface area contributed by atoms with Crippen LogP contribution in [0.1, 0.15) is 16.9 Å². The number of nitrogens with one attached hydrogen (secondary N) is 1. The highest BCUT2D eigenvalue weighted by Gasteiger charge is 2.14. The van der Waals surface area contributed by atoms with Crippen molar-refractivity contribution in [2.75, 3.05) is 20.6 Å². The Morgan fingerprint density at radius 1 is 1.27 bits per heavy atom. The summed E-state index contributed by atoms with van der Waals surface area (Å²) < 4.78 is 17.9. The highest BCUT2D eigenvalue weighted by Crippen LogP contribution is 2.20. The van der Waals surface area contributed by atoms with Crippen LogP contribution in [0.25, 0.3) is 11.3 Å². The van der Waals surface area contributed by atoms with Crippen molar-refractivity contribution in [2.24, 2.45) is 0 Å². The largest absolute Gasteiger partial charge is 0.355 e. The zero-order chi connectivity index (χ0) is 16.1. The minimum absolute atomic E-state index is 0.0764. The maximum absolute atomic E-state index is 12.9. The fourth-order valence-electron chi connectivity index (χ4n) is 1.73. The van der Waals surface area contributed by atoms with E-state index in [0.717, 1.165) is 0 Å². The zero-order valence-electron chi connectivity index (χ0n) is 12.3. The molecule has 0 unspecified atom stereocenters. The molecule has 1 aromatic carbocycles. The standard InChI is InChI=1S/C15H16FN3O3/c1-19(2)14(20)7-8-17-15(21)12-9-13(22-18-12)10-3-5-11(16)6-4-10/h3-6,9H,7-8H2,1-2H3,(H,17,21). The second-order valence-electron chi connectivity index (χ2n) is 4.88. The molecule has 0 radical (unpaired) electrons. The van der Waals surface area contributed by atoms with Gasteiger partial charge in [0.05, 0.1) is 0 Å². The third kappa shape index (κ3) is 3.91. The Labute approximate surface area is 126 Å². The van der Waals surface area contributed by atoms with Gasteiger partial charge in [0.2, 0.25) is 5.91 Å². The summed E-state index contributed by atoms with van der Waals surface area (Å²) in [4.78, 5) is 24.7. The van der Waals surface area contributed by atoms with Crippen molar-refractivity contribution >= 4 is 11.8 Å². The Hall–Kier alpha value is -2.70. The molecule has 1 heterocycles. The second kappa shape index (κ2) is 6.84. The lowest BCUT2D eigenvalue weighted by molar-refractivity contribution is -0.128. The molecule has 0 fully saturated rings. The summed E-state index contributed by atoms with van der Waals surface area (Å²) in [5.41, 5.74) is 0.729. The Kier molecular flexibility index (Phi) is 4.88. The third-order valence-corrected chi connectivity index (χ3v) is 2.99. The van der Waals surface area contributed by atoms with E-state index in [1.54, 1.807) is 14.1 Å². The number of hydrogen-bond donors (Lipinski definition) is 1. The summed E-state index contributed by atoms with van der Waals surface area (Å²) in [5.74, 6) is -0.488. The minimum Gasteiger partial charge on any atom is -0.355 e. The van der Waals surface area contributed by atoms with E-state index in [-0.39, 0.29) is 30.4 Å². The molecule has 0 atom stereocenters. The summed E-state index contributed by atoms with van der Waals surface area (Å²) in [6.45, 7) is 0.217. The van der Waals surface area contributed by atoms with Crippen molar-refractivity contribution in [3.8, 4) is 11.3 Å². The topological polar surface area (TPSA) is 75.4 Å². The molecule has 0 saturated carbocycles. The molecule has 7 heteroatoms. The number of nitrogens with zero attached hydrogens (tertiary/aromatic N) is 2. The van der Waals surface area contributed by atoms with Crippen molar-refractivity contribution in [1.82, 2.24) is 15.4 Å². The van der Waals surface area contributed by atoms with Crippen LogP contribution in [0.15, 0.2) is 34.9 Å². The number of carbonyl (C=O) groups excluding carboxylic acids is 2. The monoisotopic (exact) mass is 305 g/mol. The number of rotatable bonds is 5. The highest BCUT2D eigenvalue weighted by molar-refractivity contribution is 5.93. The molecule has 116 valence electrons. The van der Waals surface area contributed by atoms with E-state index < -0.39 is 5.91 Å². The molecular weight excluding hydrogens is 289 g/mol. The molecule has 22 heavy (non-hydrogen) atoms. The number of carbonyl (C=O) groups is 2. The highest BCUT2D eigenvalue weighted by atomic mass is 19.1. The number of aromatic nitrogens is 1. The number of amides is 2. The lowest BCUT2D eigenvalue weighted by Crippen LogP contribution is -2.30. The van der Waals surface area contributed by atoms with Crippen LogP contribution < -0.4 is 5.32 Å². The summed E-state index contributed by atoms with van der Waals surface area (Å²) in [6, 6.07) is 7.13. The summed E-state index contributed by atoms with van der Waals surface area (Å²) in [6.07, 6.45) is 0.210. The van der Waals surface area contributed by atoms with Crippen LogP contribution in [0, 0.1) is 5.82 Å². The maximum atomic E-state index is 12.9. The van der Waals surface area contributed by atoms with Crippen LogP contribution in [-0.4, -0.2) is 42.5 Å². The average Bonchev–Trinajstić information content (AvgIpc) is 2.97. The molecular formula is C15H16FN3O3. The molecule has 0 saturated heterocycles. The third-order valence-electron chi connectivity index (χ3n) is 2.99. The van der Waals surface area contributed by atoms with Gasteiger partial charge in [0.25, 0.3) is 5.91 Å². The maximum Gasteiger partial charge on any atom is 0.273 e. The summed E-state index contributed by atoms with van der Waals surface area (Å²) >= 11 is 0.